The molecule has 4 atom stereocenters. The molecule has 2 fully saturated rings. The normalized spacial score (nSPS) is 24.8. The monoisotopic (exact) mass is 584 g/mol. The van der Waals surface area contributed by atoms with Gasteiger partial charge < -0.3 is 29.9 Å². The highest BCUT2D eigenvalue weighted by molar-refractivity contribution is 7.93. The van der Waals surface area contributed by atoms with E-state index in [9.17, 15) is 29.0 Å². The number of nitriles is 1. The Kier molecular flexibility index (Phi) is 8.55. The van der Waals surface area contributed by atoms with E-state index in [4.69, 9.17) is 4.74 Å². The van der Waals surface area contributed by atoms with E-state index in [1.807, 2.05) is 12.1 Å². The van der Waals surface area contributed by atoms with E-state index in [-0.39, 0.29) is 6.61 Å². The number of ether oxygens (including phenoxy) is 1. The van der Waals surface area contributed by atoms with Crippen molar-refractivity contribution in [1.29, 1.82) is 5.26 Å². The maximum atomic E-state index is 12.9. The molecule has 2 aliphatic heterocycles. The second kappa shape index (κ2) is 11.9. The van der Waals surface area contributed by atoms with Crippen molar-refractivity contribution < 1.29 is 28.5 Å². The summed E-state index contributed by atoms with van der Waals surface area (Å²) in [5, 5.41) is 41.4. The highest BCUT2D eigenvalue weighted by atomic mass is 32.2. The van der Waals surface area contributed by atoms with Crippen LogP contribution < -0.4 is 9.62 Å². The van der Waals surface area contributed by atoms with Gasteiger partial charge in [-0.25, -0.2) is 13.1 Å². The maximum Gasteiger partial charge on any atom is 0.251 e. The van der Waals surface area contributed by atoms with Gasteiger partial charge in [0.15, 0.2) is 4.91 Å². The van der Waals surface area contributed by atoms with Gasteiger partial charge in [0.25, 0.3) is 10.0 Å². The summed E-state index contributed by atoms with van der Waals surface area (Å²) in [5.41, 5.74) is 2.20. The van der Waals surface area contributed by atoms with Crippen LogP contribution >= 0.6 is 11.3 Å². The SMILES string of the molecule is CN1CCN(c2ccc3cc(-c4ccc(/C=C(\C#N)S(=O)(=O)N[C@H]5CO[C@H](CO)[C@@H](O)[C@@H]5O)s4)ccc3c2)CC1. The van der Waals surface area contributed by atoms with E-state index in [0.717, 1.165) is 47.4 Å². The number of thiophene rings is 1. The molecule has 0 radical (unpaired) electrons. The summed E-state index contributed by atoms with van der Waals surface area (Å²) >= 11 is 1.36. The number of fused-ring (bicyclic) bond motifs is 1. The lowest BCUT2D eigenvalue weighted by molar-refractivity contribution is -0.158. The topological polar surface area (TPSA) is 146 Å². The van der Waals surface area contributed by atoms with E-state index in [0.29, 0.717) is 4.88 Å². The highest BCUT2D eigenvalue weighted by Gasteiger charge is 2.40. The van der Waals surface area contributed by atoms with Crippen molar-refractivity contribution in [3.8, 4) is 16.5 Å². The number of aliphatic hydroxyl groups is 3. The van der Waals surface area contributed by atoms with Crippen LogP contribution in [-0.2, 0) is 14.8 Å². The van der Waals surface area contributed by atoms with Crippen LogP contribution in [0.2, 0.25) is 0 Å². The van der Waals surface area contributed by atoms with E-state index in [1.165, 1.54) is 23.1 Å². The Labute approximate surface area is 237 Å². The van der Waals surface area contributed by atoms with Crippen molar-refractivity contribution in [3.05, 3.63) is 58.3 Å². The summed E-state index contributed by atoms with van der Waals surface area (Å²) < 4.78 is 33.3. The Morgan fingerprint density at radius 2 is 1.82 bits per heavy atom. The molecule has 0 saturated carbocycles. The first kappa shape index (κ1) is 28.7. The fraction of sp³-hybridized carbons (Fsp3) is 0.393. The van der Waals surface area contributed by atoms with Gasteiger partial charge in [-0.1, -0.05) is 18.2 Å². The van der Waals surface area contributed by atoms with Crippen LogP contribution in [0, 0.1) is 11.3 Å². The molecule has 10 nitrogen and oxygen atoms in total. The van der Waals surface area contributed by atoms with Crippen LogP contribution in [0.15, 0.2) is 53.4 Å². The van der Waals surface area contributed by atoms with Crippen molar-refractivity contribution in [2.45, 2.75) is 24.4 Å². The first-order valence-electron chi connectivity index (χ1n) is 13.0. The number of piperazine rings is 1. The minimum absolute atomic E-state index is 0.261. The zero-order chi connectivity index (χ0) is 28.4. The van der Waals surface area contributed by atoms with Crippen molar-refractivity contribution in [3.63, 3.8) is 0 Å². The molecular formula is C28H32N4O6S2. The molecule has 12 heteroatoms. The number of rotatable bonds is 7. The van der Waals surface area contributed by atoms with Crippen LogP contribution in [0.3, 0.4) is 0 Å². The second-order valence-electron chi connectivity index (χ2n) is 10.1. The van der Waals surface area contributed by atoms with Gasteiger partial charge in [-0.3, -0.25) is 0 Å². The molecule has 0 spiro atoms. The summed E-state index contributed by atoms with van der Waals surface area (Å²) in [6, 6.07) is 16.9. The van der Waals surface area contributed by atoms with E-state index < -0.39 is 45.9 Å². The number of nitrogens with one attached hydrogen (secondary N) is 1. The minimum atomic E-state index is -4.32. The number of aliphatic hydroxyl groups excluding tert-OH is 3. The average Bonchev–Trinajstić information content (AvgIpc) is 3.43. The van der Waals surface area contributed by atoms with Gasteiger partial charge in [0.1, 0.15) is 24.4 Å². The number of benzene rings is 2. The van der Waals surface area contributed by atoms with Crippen LogP contribution in [0.5, 0.6) is 0 Å². The maximum absolute atomic E-state index is 12.9. The number of hydrogen-bond acceptors (Lipinski definition) is 10. The third-order valence-corrected chi connectivity index (χ3v) is 9.88. The summed E-state index contributed by atoms with van der Waals surface area (Å²) in [7, 11) is -2.18. The first-order chi connectivity index (χ1) is 19.2. The Morgan fingerprint density at radius 3 is 2.55 bits per heavy atom. The van der Waals surface area contributed by atoms with Gasteiger partial charge >= 0.3 is 0 Å². The molecule has 0 bridgehead atoms. The Hall–Kier alpha value is -2.86. The number of allylic oxidation sites excluding steroid dienone is 1. The van der Waals surface area contributed by atoms with Crippen LogP contribution in [-0.4, -0.2) is 99.4 Å². The van der Waals surface area contributed by atoms with Crippen molar-refractivity contribution in [1.82, 2.24) is 9.62 Å². The molecule has 1 aromatic heterocycles. The standard InChI is InChI=1S/C28H32N4O6S2/c1-31-8-10-32(11-9-31)21-5-4-18-12-20(3-2-19(18)13-21)26-7-6-22(39-26)14-23(15-29)40(36,37)30-24-17-38-25(16-33)28(35)27(24)34/h2-7,12-14,24-25,27-28,30,33-35H,8-11,16-17H2,1H3/b23-14+/t24-,25+,27+,28+/m0/s1. The number of nitrogens with zero attached hydrogens (tertiary/aromatic N) is 3. The molecule has 40 heavy (non-hydrogen) atoms. The Bertz CT molecular complexity index is 1540. The van der Waals surface area contributed by atoms with Crippen LogP contribution in [0.25, 0.3) is 27.3 Å². The smallest absolute Gasteiger partial charge is 0.251 e. The van der Waals surface area contributed by atoms with Crippen molar-refractivity contribution in [2.75, 3.05) is 51.3 Å². The fourth-order valence-electron chi connectivity index (χ4n) is 4.94. The molecule has 2 aromatic carbocycles. The van der Waals surface area contributed by atoms with E-state index in [2.05, 4.69) is 51.9 Å². The molecular weight excluding hydrogens is 552 g/mol. The van der Waals surface area contributed by atoms with Crippen LogP contribution in [0.1, 0.15) is 4.88 Å². The fourth-order valence-corrected chi connectivity index (χ4v) is 7.10. The number of likely N-dealkylation sites (N-methyl/N-ethyl adjacent to an activating group) is 1. The van der Waals surface area contributed by atoms with Gasteiger partial charge in [0, 0.05) is 41.6 Å². The summed E-state index contributed by atoms with van der Waals surface area (Å²) in [6.45, 7) is 3.32. The molecule has 2 saturated heterocycles. The summed E-state index contributed by atoms with van der Waals surface area (Å²) in [5.74, 6) is 0. The highest BCUT2D eigenvalue weighted by Crippen LogP contribution is 2.33. The quantitative estimate of drug-likeness (QED) is 0.304. The van der Waals surface area contributed by atoms with E-state index >= 15 is 0 Å². The molecule has 0 unspecified atom stereocenters. The van der Waals surface area contributed by atoms with Crippen molar-refractivity contribution in [2.24, 2.45) is 0 Å². The number of hydrogen-bond donors (Lipinski definition) is 4. The molecule has 4 N–H and O–H groups in total. The molecule has 2 aliphatic rings. The lowest BCUT2D eigenvalue weighted by Crippen LogP contribution is -2.59. The third-order valence-electron chi connectivity index (χ3n) is 7.40. The summed E-state index contributed by atoms with van der Waals surface area (Å²) in [6.07, 6.45) is -2.70. The Balaban J connectivity index is 1.32. The molecule has 212 valence electrons. The number of anilines is 1. The average molecular weight is 585 g/mol. The zero-order valence-electron chi connectivity index (χ0n) is 22.0. The first-order valence-corrected chi connectivity index (χ1v) is 15.3. The van der Waals surface area contributed by atoms with Gasteiger partial charge in [-0.05, 0) is 59.8 Å². The summed E-state index contributed by atoms with van der Waals surface area (Å²) in [4.78, 5) is 5.70. The van der Waals surface area contributed by atoms with Gasteiger partial charge in [0.2, 0.25) is 0 Å². The zero-order valence-corrected chi connectivity index (χ0v) is 23.6. The molecule has 0 amide bonds. The van der Waals surface area contributed by atoms with Gasteiger partial charge in [0.05, 0.1) is 19.3 Å². The van der Waals surface area contributed by atoms with Gasteiger partial charge in [-0.15, -0.1) is 11.3 Å². The third kappa shape index (κ3) is 6.07. The van der Waals surface area contributed by atoms with Crippen molar-refractivity contribution >= 4 is 43.9 Å². The molecule has 0 aliphatic carbocycles. The van der Waals surface area contributed by atoms with Gasteiger partial charge in [-0.2, -0.15) is 5.26 Å². The molecule has 3 aromatic rings. The number of sulfonamides is 1. The second-order valence-corrected chi connectivity index (χ2v) is 12.9. The largest absolute Gasteiger partial charge is 0.394 e. The molecule has 5 rings (SSSR count). The van der Waals surface area contributed by atoms with Crippen LogP contribution in [0.4, 0.5) is 5.69 Å². The Morgan fingerprint density at radius 1 is 1.10 bits per heavy atom. The predicted octanol–water partition coefficient (Wildman–Crippen LogP) is 1.59. The lowest BCUT2D eigenvalue weighted by atomic mass is 9.99. The lowest BCUT2D eigenvalue weighted by Gasteiger charge is -2.36. The predicted molar refractivity (Wildman–Crippen MR) is 155 cm³/mol. The minimum Gasteiger partial charge on any atom is -0.394 e. The molecule has 3 heterocycles. The van der Waals surface area contributed by atoms with E-state index in [1.54, 1.807) is 12.1 Å².